The molecule has 0 bridgehead atoms. The summed E-state index contributed by atoms with van der Waals surface area (Å²) in [5, 5.41) is 13.5. The molecule has 3 N–H and O–H groups in total. The van der Waals surface area contributed by atoms with Crippen LogP contribution in [0.25, 0.3) is 11.6 Å². The summed E-state index contributed by atoms with van der Waals surface area (Å²) in [4.78, 5) is 8.88. The molecule has 8 nitrogen and oxygen atoms in total. The van der Waals surface area contributed by atoms with E-state index < -0.39 is 0 Å². The van der Waals surface area contributed by atoms with E-state index in [0.717, 1.165) is 24.1 Å². The highest BCUT2D eigenvalue weighted by Crippen LogP contribution is 2.14. The van der Waals surface area contributed by atoms with Crippen molar-refractivity contribution in [3.05, 3.63) is 48.4 Å². The fraction of sp³-hybridized carbons (Fsp3) is 0.312. The van der Waals surface area contributed by atoms with Crippen LogP contribution >= 0.6 is 0 Å². The van der Waals surface area contributed by atoms with Crippen molar-refractivity contribution in [3.63, 3.8) is 0 Å². The fourth-order valence-corrected chi connectivity index (χ4v) is 2.12. The molecule has 0 aliphatic heterocycles. The summed E-state index contributed by atoms with van der Waals surface area (Å²) >= 11 is 0. The van der Waals surface area contributed by atoms with Crippen molar-refractivity contribution in [2.24, 2.45) is 4.99 Å². The predicted octanol–water partition coefficient (Wildman–Crippen LogP) is 1.96. The molecular weight excluding hydrogens is 308 g/mol. The Morgan fingerprint density at radius 1 is 1.21 bits per heavy atom. The lowest BCUT2D eigenvalue weighted by molar-refractivity contribution is 0.512. The Morgan fingerprint density at radius 2 is 2.08 bits per heavy atom. The molecule has 24 heavy (non-hydrogen) atoms. The van der Waals surface area contributed by atoms with Crippen LogP contribution in [0, 0.1) is 0 Å². The second kappa shape index (κ2) is 8.00. The lowest BCUT2D eigenvalue weighted by Gasteiger charge is -2.10. The summed E-state index contributed by atoms with van der Waals surface area (Å²) in [6.45, 7) is 3.98. The fourth-order valence-electron chi connectivity index (χ4n) is 2.12. The van der Waals surface area contributed by atoms with E-state index in [2.05, 4.69) is 30.8 Å². The van der Waals surface area contributed by atoms with Gasteiger partial charge in [0.15, 0.2) is 11.7 Å². The zero-order chi connectivity index (χ0) is 16.6. The van der Waals surface area contributed by atoms with Crippen molar-refractivity contribution in [1.29, 1.82) is 0 Å². The molecule has 0 amide bonds. The number of nitrogens with zero attached hydrogens (tertiary/aromatic N) is 3. The van der Waals surface area contributed by atoms with Gasteiger partial charge in [0, 0.05) is 19.5 Å². The van der Waals surface area contributed by atoms with Crippen molar-refractivity contribution in [1.82, 2.24) is 25.8 Å². The molecule has 0 fully saturated rings. The number of hydrogen-bond donors (Lipinski definition) is 3. The van der Waals surface area contributed by atoms with E-state index in [1.807, 2.05) is 31.2 Å². The summed E-state index contributed by atoms with van der Waals surface area (Å²) in [5.41, 5.74) is 0. The van der Waals surface area contributed by atoms with E-state index in [4.69, 9.17) is 8.83 Å². The molecule has 0 aliphatic carbocycles. The maximum atomic E-state index is 5.28. The number of H-pyrrole nitrogens is 1. The summed E-state index contributed by atoms with van der Waals surface area (Å²) in [7, 11) is 0. The Morgan fingerprint density at radius 3 is 2.83 bits per heavy atom. The zero-order valence-electron chi connectivity index (χ0n) is 13.5. The molecule has 3 aromatic heterocycles. The van der Waals surface area contributed by atoms with E-state index in [1.54, 1.807) is 12.5 Å². The Bertz CT molecular complexity index is 745. The van der Waals surface area contributed by atoms with Gasteiger partial charge in [0.25, 0.3) is 0 Å². The van der Waals surface area contributed by atoms with Crippen LogP contribution in [0.15, 0.2) is 50.6 Å². The van der Waals surface area contributed by atoms with Crippen LogP contribution in [-0.4, -0.2) is 34.2 Å². The molecular formula is C16H20N6O2. The number of furan rings is 2. The first-order chi connectivity index (χ1) is 11.8. The Kier molecular flexibility index (Phi) is 5.28. The Hall–Kier alpha value is -3.03. The average Bonchev–Trinajstić information content (AvgIpc) is 3.33. The van der Waals surface area contributed by atoms with Gasteiger partial charge >= 0.3 is 0 Å². The average molecular weight is 328 g/mol. The standard InChI is InChI=1S/C16H20N6O2/c1-2-17-16(19-11-12-5-3-9-23-12)18-8-7-14-20-15(22-21-14)13-6-4-10-24-13/h3-6,9-10H,2,7-8,11H2,1H3,(H2,17,18,19)(H,20,21,22). The van der Waals surface area contributed by atoms with Crippen molar-refractivity contribution in [2.75, 3.05) is 13.1 Å². The number of nitrogens with one attached hydrogen (secondary N) is 3. The molecule has 0 unspecified atom stereocenters. The molecule has 8 heteroatoms. The highest BCUT2D eigenvalue weighted by Gasteiger charge is 2.08. The molecule has 0 radical (unpaired) electrons. The van der Waals surface area contributed by atoms with Crippen LogP contribution < -0.4 is 10.6 Å². The number of aliphatic imine (C=N–C) groups is 1. The topological polar surface area (TPSA) is 104 Å². The van der Waals surface area contributed by atoms with E-state index in [-0.39, 0.29) is 0 Å². The first-order valence-electron chi connectivity index (χ1n) is 7.85. The molecule has 0 spiro atoms. The summed E-state index contributed by atoms with van der Waals surface area (Å²) in [6, 6.07) is 7.39. The van der Waals surface area contributed by atoms with Crippen molar-refractivity contribution >= 4 is 5.96 Å². The van der Waals surface area contributed by atoms with E-state index in [1.165, 1.54) is 0 Å². The predicted molar refractivity (Wildman–Crippen MR) is 89.3 cm³/mol. The molecule has 3 aromatic rings. The van der Waals surface area contributed by atoms with Gasteiger partial charge in [0.05, 0.1) is 12.5 Å². The maximum absolute atomic E-state index is 5.28. The molecule has 0 aliphatic rings. The number of guanidine groups is 1. The molecule has 0 saturated carbocycles. The minimum Gasteiger partial charge on any atom is -0.467 e. The first kappa shape index (κ1) is 15.9. The Balaban J connectivity index is 1.50. The quantitative estimate of drug-likeness (QED) is 0.452. The third kappa shape index (κ3) is 4.25. The smallest absolute Gasteiger partial charge is 0.216 e. The lowest BCUT2D eigenvalue weighted by Crippen LogP contribution is -2.38. The summed E-state index contributed by atoms with van der Waals surface area (Å²) in [6.07, 6.45) is 3.94. The number of hydrogen-bond acceptors (Lipinski definition) is 5. The minimum absolute atomic E-state index is 0.493. The normalized spacial score (nSPS) is 11.6. The monoisotopic (exact) mass is 328 g/mol. The van der Waals surface area contributed by atoms with Gasteiger partial charge in [-0.1, -0.05) is 0 Å². The third-order valence-corrected chi connectivity index (χ3v) is 3.24. The molecule has 0 saturated heterocycles. The van der Waals surface area contributed by atoms with Gasteiger partial charge in [-0.15, -0.1) is 0 Å². The van der Waals surface area contributed by atoms with Gasteiger partial charge < -0.3 is 19.5 Å². The number of aromatic nitrogens is 3. The summed E-state index contributed by atoms with van der Waals surface area (Å²) < 4.78 is 10.6. The SMILES string of the molecule is CCNC(=NCc1ccco1)NCCc1nc(-c2ccco2)n[nH]1. The molecule has 0 atom stereocenters. The van der Waals surface area contributed by atoms with Crippen molar-refractivity contribution in [3.8, 4) is 11.6 Å². The van der Waals surface area contributed by atoms with Gasteiger partial charge in [0.1, 0.15) is 18.1 Å². The third-order valence-electron chi connectivity index (χ3n) is 3.24. The first-order valence-corrected chi connectivity index (χ1v) is 7.85. The minimum atomic E-state index is 0.493. The van der Waals surface area contributed by atoms with E-state index >= 15 is 0 Å². The number of rotatable bonds is 7. The maximum Gasteiger partial charge on any atom is 0.216 e. The van der Waals surface area contributed by atoms with Gasteiger partial charge in [0.2, 0.25) is 5.82 Å². The summed E-state index contributed by atoms with van der Waals surface area (Å²) in [5.74, 6) is 3.56. The lowest BCUT2D eigenvalue weighted by atomic mass is 10.4. The van der Waals surface area contributed by atoms with Crippen LogP contribution in [0.2, 0.25) is 0 Å². The van der Waals surface area contributed by atoms with Crippen molar-refractivity contribution < 1.29 is 8.83 Å². The van der Waals surface area contributed by atoms with Crippen LogP contribution in [-0.2, 0) is 13.0 Å². The molecule has 126 valence electrons. The Labute approximate surface area is 139 Å². The van der Waals surface area contributed by atoms with E-state index in [9.17, 15) is 0 Å². The van der Waals surface area contributed by atoms with Crippen LogP contribution in [0.3, 0.4) is 0 Å². The second-order valence-electron chi connectivity index (χ2n) is 5.03. The molecule has 3 rings (SSSR count). The largest absolute Gasteiger partial charge is 0.467 e. The highest BCUT2D eigenvalue weighted by atomic mass is 16.3. The van der Waals surface area contributed by atoms with Gasteiger partial charge in [-0.2, -0.15) is 5.10 Å². The van der Waals surface area contributed by atoms with Gasteiger partial charge in [-0.05, 0) is 31.2 Å². The van der Waals surface area contributed by atoms with Gasteiger partial charge in [-0.25, -0.2) is 9.98 Å². The zero-order valence-corrected chi connectivity index (χ0v) is 13.5. The van der Waals surface area contributed by atoms with Gasteiger partial charge in [-0.3, -0.25) is 5.10 Å². The molecule has 3 heterocycles. The number of aromatic amines is 1. The van der Waals surface area contributed by atoms with Crippen LogP contribution in [0.5, 0.6) is 0 Å². The van der Waals surface area contributed by atoms with Crippen LogP contribution in [0.4, 0.5) is 0 Å². The highest BCUT2D eigenvalue weighted by molar-refractivity contribution is 5.79. The van der Waals surface area contributed by atoms with Crippen LogP contribution in [0.1, 0.15) is 18.5 Å². The van der Waals surface area contributed by atoms with Crippen molar-refractivity contribution in [2.45, 2.75) is 19.9 Å². The van der Waals surface area contributed by atoms with E-state index in [0.29, 0.717) is 31.1 Å². The second-order valence-corrected chi connectivity index (χ2v) is 5.03. The molecule has 0 aromatic carbocycles.